The maximum absolute atomic E-state index is 12.2. The maximum Gasteiger partial charge on any atom is 0.241 e. The number of aryl methyl sites for hydroxylation is 1. The van der Waals surface area contributed by atoms with Crippen molar-refractivity contribution in [3.8, 4) is 0 Å². The molecule has 116 valence electrons. The van der Waals surface area contributed by atoms with E-state index in [4.69, 9.17) is 0 Å². The molecule has 0 spiro atoms. The molecule has 1 aromatic rings. The van der Waals surface area contributed by atoms with Crippen molar-refractivity contribution >= 4 is 23.4 Å². The number of amides is 1. The van der Waals surface area contributed by atoms with Crippen LogP contribution in [0.4, 0.5) is 5.69 Å². The molecule has 0 saturated carbocycles. The third kappa shape index (κ3) is 5.36. The SMILES string of the molecule is CSCCCCCCNC1CCc2ccccc2NC1=O. The van der Waals surface area contributed by atoms with Gasteiger partial charge in [0.15, 0.2) is 0 Å². The van der Waals surface area contributed by atoms with E-state index < -0.39 is 0 Å². The first-order valence-corrected chi connectivity index (χ1v) is 9.31. The van der Waals surface area contributed by atoms with Crippen LogP contribution in [0.15, 0.2) is 24.3 Å². The van der Waals surface area contributed by atoms with Gasteiger partial charge in [0.25, 0.3) is 0 Å². The van der Waals surface area contributed by atoms with E-state index in [0.29, 0.717) is 0 Å². The second-order valence-corrected chi connectivity index (χ2v) is 6.58. The zero-order valence-corrected chi connectivity index (χ0v) is 13.7. The molecular formula is C17H26N2OS. The molecule has 1 aliphatic heterocycles. The van der Waals surface area contributed by atoms with E-state index in [9.17, 15) is 4.79 Å². The summed E-state index contributed by atoms with van der Waals surface area (Å²) in [5.74, 6) is 1.37. The lowest BCUT2D eigenvalue weighted by Crippen LogP contribution is -2.40. The van der Waals surface area contributed by atoms with Gasteiger partial charge in [-0.2, -0.15) is 11.8 Å². The number of thioether (sulfide) groups is 1. The molecule has 1 heterocycles. The Hall–Kier alpha value is -1.00. The molecule has 1 unspecified atom stereocenters. The molecule has 0 aliphatic carbocycles. The fourth-order valence-electron chi connectivity index (χ4n) is 2.71. The molecule has 4 heteroatoms. The molecule has 1 atom stereocenters. The minimum Gasteiger partial charge on any atom is -0.324 e. The number of rotatable bonds is 8. The van der Waals surface area contributed by atoms with Gasteiger partial charge < -0.3 is 10.6 Å². The molecule has 0 saturated heterocycles. The highest BCUT2D eigenvalue weighted by Gasteiger charge is 2.22. The van der Waals surface area contributed by atoms with Crippen LogP contribution in [0.3, 0.4) is 0 Å². The lowest BCUT2D eigenvalue weighted by Gasteiger charge is -2.15. The number of benzene rings is 1. The molecule has 2 rings (SSSR count). The number of carbonyl (C=O) groups excluding carboxylic acids is 1. The Morgan fingerprint density at radius 3 is 2.90 bits per heavy atom. The lowest BCUT2D eigenvalue weighted by atomic mass is 10.1. The molecule has 0 radical (unpaired) electrons. The van der Waals surface area contributed by atoms with Crippen LogP contribution in [0.25, 0.3) is 0 Å². The third-order valence-corrected chi connectivity index (χ3v) is 4.66. The van der Waals surface area contributed by atoms with Gasteiger partial charge >= 0.3 is 0 Å². The van der Waals surface area contributed by atoms with Crippen LogP contribution in [0.5, 0.6) is 0 Å². The zero-order chi connectivity index (χ0) is 14.9. The van der Waals surface area contributed by atoms with E-state index in [1.807, 2.05) is 30.0 Å². The number of nitrogens with one attached hydrogen (secondary N) is 2. The number of hydrogen-bond donors (Lipinski definition) is 2. The van der Waals surface area contributed by atoms with Crippen molar-refractivity contribution in [1.82, 2.24) is 5.32 Å². The van der Waals surface area contributed by atoms with Gasteiger partial charge in [-0.3, -0.25) is 4.79 Å². The molecule has 1 amide bonds. The summed E-state index contributed by atoms with van der Waals surface area (Å²) < 4.78 is 0. The fourth-order valence-corrected chi connectivity index (χ4v) is 3.20. The molecule has 2 N–H and O–H groups in total. The van der Waals surface area contributed by atoms with E-state index in [2.05, 4.69) is 23.0 Å². The summed E-state index contributed by atoms with van der Waals surface area (Å²) >= 11 is 1.92. The van der Waals surface area contributed by atoms with Gasteiger partial charge in [-0.1, -0.05) is 31.0 Å². The Morgan fingerprint density at radius 1 is 1.24 bits per heavy atom. The Morgan fingerprint density at radius 2 is 2.05 bits per heavy atom. The van der Waals surface area contributed by atoms with Crippen molar-refractivity contribution in [3.05, 3.63) is 29.8 Å². The zero-order valence-electron chi connectivity index (χ0n) is 12.9. The highest BCUT2D eigenvalue weighted by atomic mass is 32.2. The van der Waals surface area contributed by atoms with E-state index in [1.54, 1.807) is 0 Å². The summed E-state index contributed by atoms with van der Waals surface area (Å²) in [6, 6.07) is 8.04. The van der Waals surface area contributed by atoms with E-state index in [-0.39, 0.29) is 11.9 Å². The Labute approximate surface area is 132 Å². The highest BCUT2D eigenvalue weighted by Crippen LogP contribution is 2.21. The number of unbranched alkanes of at least 4 members (excludes halogenated alkanes) is 3. The topological polar surface area (TPSA) is 41.1 Å². The first-order chi connectivity index (χ1) is 10.3. The molecular weight excluding hydrogens is 280 g/mol. The molecule has 1 aliphatic rings. The summed E-state index contributed by atoms with van der Waals surface area (Å²) in [7, 11) is 0. The molecule has 3 nitrogen and oxygen atoms in total. The highest BCUT2D eigenvalue weighted by molar-refractivity contribution is 7.98. The molecule has 0 bridgehead atoms. The van der Waals surface area contributed by atoms with Crippen molar-refractivity contribution in [2.45, 2.75) is 44.6 Å². The van der Waals surface area contributed by atoms with E-state index in [0.717, 1.165) is 31.5 Å². The summed E-state index contributed by atoms with van der Waals surface area (Å²) in [4.78, 5) is 12.2. The summed E-state index contributed by atoms with van der Waals surface area (Å²) in [6.45, 7) is 0.938. The van der Waals surface area contributed by atoms with Crippen molar-refractivity contribution in [2.75, 3.05) is 23.9 Å². The van der Waals surface area contributed by atoms with Gasteiger partial charge in [0, 0.05) is 5.69 Å². The monoisotopic (exact) mass is 306 g/mol. The van der Waals surface area contributed by atoms with Gasteiger partial charge in [0.1, 0.15) is 0 Å². The minimum absolute atomic E-state index is 0.0522. The van der Waals surface area contributed by atoms with Gasteiger partial charge in [-0.15, -0.1) is 0 Å². The van der Waals surface area contributed by atoms with Crippen LogP contribution >= 0.6 is 11.8 Å². The minimum atomic E-state index is -0.0522. The van der Waals surface area contributed by atoms with Crippen LogP contribution in [-0.4, -0.2) is 30.5 Å². The average molecular weight is 306 g/mol. The van der Waals surface area contributed by atoms with E-state index >= 15 is 0 Å². The third-order valence-electron chi connectivity index (χ3n) is 3.96. The van der Waals surface area contributed by atoms with Gasteiger partial charge in [0.2, 0.25) is 5.91 Å². The van der Waals surface area contributed by atoms with E-state index in [1.165, 1.54) is 30.6 Å². The normalized spacial score (nSPS) is 18.0. The average Bonchev–Trinajstić information content (AvgIpc) is 2.65. The number of para-hydroxylation sites is 1. The first kappa shape index (κ1) is 16.4. The van der Waals surface area contributed by atoms with Crippen molar-refractivity contribution in [1.29, 1.82) is 0 Å². The second kappa shape index (κ2) is 9.11. The Kier molecular flexibility index (Phi) is 7.10. The van der Waals surface area contributed by atoms with Gasteiger partial charge in [-0.05, 0) is 55.9 Å². The van der Waals surface area contributed by atoms with Crippen LogP contribution in [0.1, 0.15) is 37.7 Å². The predicted octanol–water partition coefficient (Wildman–Crippen LogP) is 3.45. The van der Waals surface area contributed by atoms with Crippen LogP contribution < -0.4 is 10.6 Å². The predicted molar refractivity (Wildman–Crippen MR) is 92.0 cm³/mol. The Balaban J connectivity index is 1.69. The van der Waals surface area contributed by atoms with Crippen molar-refractivity contribution in [2.24, 2.45) is 0 Å². The fraction of sp³-hybridized carbons (Fsp3) is 0.588. The quantitative estimate of drug-likeness (QED) is 0.723. The largest absolute Gasteiger partial charge is 0.324 e. The lowest BCUT2D eigenvalue weighted by molar-refractivity contribution is -0.118. The number of carbonyl (C=O) groups is 1. The molecule has 0 aromatic heterocycles. The summed E-state index contributed by atoms with van der Waals surface area (Å²) in [6.07, 6.45) is 9.01. The molecule has 0 fully saturated rings. The maximum atomic E-state index is 12.2. The van der Waals surface area contributed by atoms with Gasteiger partial charge in [0.05, 0.1) is 6.04 Å². The van der Waals surface area contributed by atoms with Gasteiger partial charge in [-0.25, -0.2) is 0 Å². The summed E-state index contributed by atoms with van der Waals surface area (Å²) in [5.41, 5.74) is 2.22. The number of fused-ring (bicyclic) bond motifs is 1. The number of hydrogen-bond acceptors (Lipinski definition) is 3. The standard InChI is InChI=1S/C17H26N2OS/c1-21-13-7-3-2-6-12-18-16-11-10-14-8-4-5-9-15(14)19-17(16)20/h4-5,8-9,16,18H,2-3,6-7,10-13H2,1H3,(H,19,20). The molecule has 1 aromatic carbocycles. The van der Waals surface area contributed by atoms with Crippen LogP contribution in [0.2, 0.25) is 0 Å². The first-order valence-electron chi connectivity index (χ1n) is 7.92. The van der Waals surface area contributed by atoms with Crippen molar-refractivity contribution in [3.63, 3.8) is 0 Å². The smallest absolute Gasteiger partial charge is 0.241 e. The number of anilines is 1. The Bertz CT molecular complexity index is 450. The van der Waals surface area contributed by atoms with Crippen molar-refractivity contribution < 1.29 is 4.79 Å². The molecule has 21 heavy (non-hydrogen) atoms. The van der Waals surface area contributed by atoms with Crippen LogP contribution in [-0.2, 0) is 11.2 Å². The second-order valence-electron chi connectivity index (χ2n) is 5.60. The summed E-state index contributed by atoms with van der Waals surface area (Å²) in [5, 5.41) is 6.46. The van der Waals surface area contributed by atoms with Crippen LogP contribution in [0, 0.1) is 0 Å².